The minimum Gasteiger partial charge on any atom is -0.422 e. The summed E-state index contributed by atoms with van der Waals surface area (Å²) in [6, 6.07) is 4.84. The maximum absolute atomic E-state index is 13.4. The number of benzene rings is 1. The van der Waals surface area contributed by atoms with Gasteiger partial charge in [-0.25, -0.2) is 18.2 Å². The summed E-state index contributed by atoms with van der Waals surface area (Å²) < 4.78 is 29.0. The number of anilines is 1. The van der Waals surface area contributed by atoms with Crippen LogP contribution in [0.25, 0.3) is 11.4 Å². The molecule has 2 aromatic heterocycles. The molecule has 1 aliphatic carbocycles. The molecule has 2 saturated heterocycles. The number of urea groups is 1. The normalized spacial score (nSPS) is 24.4. The highest BCUT2D eigenvalue weighted by atomic mass is 35.5. The van der Waals surface area contributed by atoms with E-state index < -0.39 is 15.4 Å². The number of piperidine rings is 1. The molecule has 11 nitrogen and oxygen atoms in total. The van der Waals surface area contributed by atoms with Gasteiger partial charge in [0.1, 0.15) is 17.6 Å². The lowest BCUT2D eigenvalue weighted by molar-refractivity contribution is -0.110. The van der Waals surface area contributed by atoms with Gasteiger partial charge in [-0.1, -0.05) is 18.5 Å². The Balaban J connectivity index is 1.41. The molecule has 3 atom stereocenters. The Bertz CT molecular complexity index is 1310. The van der Waals surface area contributed by atoms with Crippen LogP contribution in [0.4, 0.5) is 10.5 Å². The first-order chi connectivity index (χ1) is 15.6. The maximum Gasteiger partial charge on any atom is 0.323 e. The van der Waals surface area contributed by atoms with Crippen molar-refractivity contribution in [2.24, 2.45) is 5.92 Å². The highest BCUT2D eigenvalue weighted by Gasteiger charge is 2.62. The molecular formula is C20H22ClN7O4S. The molecule has 0 unspecified atom stereocenters. The van der Waals surface area contributed by atoms with Gasteiger partial charge in [0.15, 0.2) is 15.7 Å². The predicted molar refractivity (Wildman–Crippen MR) is 119 cm³/mol. The van der Waals surface area contributed by atoms with Gasteiger partial charge < -0.3 is 14.6 Å². The van der Waals surface area contributed by atoms with E-state index in [1.165, 1.54) is 6.33 Å². The van der Waals surface area contributed by atoms with Crippen molar-refractivity contribution in [3.8, 4) is 11.4 Å². The topological polar surface area (TPSA) is 147 Å². The van der Waals surface area contributed by atoms with Gasteiger partial charge >= 0.3 is 6.03 Å². The molecule has 3 aliphatic rings. The molecule has 3 aromatic rings. The molecule has 2 bridgehead atoms. The quantitative estimate of drug-likeness (QED) is 0.553. The van der Waals surface area contributed by atoms with Crippen molar-refractivity contribution in [2.45, 2.75) is 43.5 Å². The molecular weight excluding hydrogens is 470 g/mol. The van der Waals surface area contributed by atoms with Crippen molar-refractivity contribution < 1.29 is 17.6 Å². The largest absolute Gasteiger partial charge is 0.422 e. The van der Waals surface area contributed by atoms with Gasteiger partial charge in [-0.05, 0) is 37.0 Å². The second kappa shape index (κ2) is 7.80. The van der Waals surface area contributed by atoms with Crippen LogP contribution >= 0.6 is 11.6 Å². The van der Waals surface area contributed by atoms with Gasteiger partial charge in [-0.2, -0.15) is 5.10 Å². The van der Waals surface area contributed by atoms with Crippen molar-refractivity contribution in [1.29, 1.82) is 0 Å². The molecule has 1 saturated carbocycles. The van der Waals surface area contributed by atoms with Crippen LogP contribution < -0.4 is 5.32 Å². The lowest BCUT2D eigenvalue weighted by atomic mass is 9.64. The van der Waals surface area contributed by atoms with Gasteiger partial charge in [0.05, 0.1) is 5.02 Å². The van der Waals surface area contributed by atoms with Crippen LogP contribution in [-0.2, 0) is 21.1 Å². The van der Waals surface area contributed by atoms with Crippen molar-refractivity contribution >= 4 is 33.2 Å². The van der Waals surface area contributed by atoms with E-state index in [1.54, 1.807) is 23.1 Å². The molecule has 13 heteroatoms. The molecule has 2 aliphatic heterocycles. The Morgan fingerprint density at radius 2 is 2.18 bits per heavy atom. The highest BCUT2D eigenvalue weighted by molar-refractivity contribution is 7.89. The number of H-pyrrole nitrogens is 1. The third-order valence-corrected chi connectivity index (χ3v) is 7.22. The van der Waals surface area contributed by atoms with E-state index in [-0.39, 0.29) is 29.6 Å². The Morgan fingerprint density at radius 1 is 1.36 bits per heavy atom. The fourth-order valence-corrected chi connectivity index (χ4v) is 5.75. The number of nitrogens with one attached hydrogen (secondary N) is 2. The zero-order valence-corrected chi connectivity index (χ0v) is 19.5. The van der Waals surface area contributed by atoms with E-state index in [9.17, 15) is 13.2 Å². The number of aromatic amines is 1. The number of sulfone groups is 1. The molecule has 6 rings (SSSR count). The molecule has 3 fully saturated rings. The second-order valence-corrected chi connectivity index (χ2v) is 11.4. The Kier molecular flexibility index (Phi) is 5.16. The number of amides is 2. The number of hydrogen-bond donors (Lipinski definition) is 2. The number of nitrogens with zero attached hydrogens (tertiary/aromatic N) is 5. The Hall–Kier alpha value is -2.99. The van der Waals surface area contributed by atoms with Crippen molar-refractivity contribution in [1.82, 2.24) is 30.3 Å². The van der Waals surface area contributed by atoms with Crippen LogP contribution in [0.5, 0.6) is 0 Å². The summed E-state index contributed by atoms with van der Waals surface area (Å²) in [6.07, 6.45) is 4.70. The zero-order chi connectivity index (χ0) is 23.4. The van der Waals surface area contributed by atoms with Crippen LogP contribution in [0.15, 0.2) is 28.9 Å². The zero-order valence-electron chi connectivity index (χ0n) is 17.9. The number of fused-ring (bicyclic) bond motifs is 2. The Morgan fingerprint density at radius 3 is 2.91 bits per heavy atom. The van der Waals surface area contributed by atoms with E-state index >= 15 is 0 Å². The molecule has 2 N–H and O–H groups in total. The fourth-order valence-electron chi connectivity index (χ4n) is 4.98. The molecule has 0 radical (unpaired) electrons. The summed E-state index contributed by atoms with van der Waals surface area (Å²) in [4.78, 5) is 19.2. The van der Waals surface area contributed by atoms with Crippen LogP contribution in [-0.4, -0.2) is 57.0 Å². The van der Waals surface area contributed by atoms with Gasteiger partial charge in [0.2, 0.25) is 11.8 Å². The number of aromatic nitrogens is 5. The van der Waals surface area contributed by atoms with E-state index in [1.807, 2.05) is 0 Å². The van der Waals surface area contributed by atoms with Gasteiger partial charge in [0, 0.05) is 30.0 Å². The average molecular weight is 492 g/mol. The van der Waals surface area contributed by atoms with Crippen molar-refractivity contribution in [3.63, 3.8) is 0 Å². The standard InChI is InChI=1S/C20H22ClN7O4S/c1-11-5-13-8-20(7-11,18-27-25-16(32-18)9-33(2,30)31)28(13)19(29)24-12-3-4-15(21)14(6-12)17-22-10-23-26-17/h3-4,6,10-11,13H,5,7-9H2,1-2H3,(H,24,29)(H,22,23,26)/t11-,13-,20+/m0/s1. The molecule has 33 heavy (non-hydrogen) atoms. The lowest BCUT2D eigenvalue weighted by Crippen LogP contribution is -2.70. The monoisotopic (exact) mass is 491 g/mol. The van der Waals surface area contributed by atoms with Gasteiger partial charge in [0.25, 0.3) is 0 Å². The number of halogens is 1. The lowest BCUT2D eigenvalue weighted by Gasteiger charge is -2.61. The van der Waals surface area contributed by atoms with E-state index in [2.05, 4.69) is 37.6 Å². The number of carbonyl (C=O) groups is 1. The first kappa shape index (κ1) is 21.8. The summed E-state index contributed by atoms with van der Waals surface area (Å²) in [5.41, 5.74) is 0.406. The van der Waals surface area contributed by atoms with E-state index in [4.69, 9.17) is 16.0 Å². The van der Waals surface area contributed by atoms with Crippen LogP contribution in [0.1, 0.15) is 38.0 Å². The number of rotatable bonds is 5. The van der Waals surface area contributed by atoms with Crippen LogP contribution in [0, 0.1) is 5.92 Å². The van der Waals surface area contributed by atoms with Gasteiger partial charge in [-0.15, -0.1) is 10.2 Å². The summed E-state index contributed by atoms with van der Waals surface area (Å²) >= 11 is 6.29. The van der Waals surface area contributed by atoms with Crippen LogP contribution in [0.2, 0.25) is 5.02 Å². The molecule has 1 aromatic carbocycles. The molecule has 2 amide bonds. The minimum absolute atomic E-state index is 0.0262. The van der Waals surface area contributed by atoms with Gasteiger partial charge in [-0.3, -0.25) is 5.10 Å². The van der Waals surface area contributed by atoms with Crippen molar-refractivity contribution in [2.75, 3.05) is 11.6 Å². The first-order valence-electron chi connectivity index (χ1n) is 10.4. The minimum atomic E-state index is -3.32. The smallest absolute Gasteiger partial charge is 0.323 e. The molecule has 174 valence electrons. The van der Waals surface area contributed by atoms with Crippen molar-refractivity contribution in [3.05, 3.63) is 41.3 Å². The van der Waals surface area contributed by atoms with E-state index in [0.717, 1.165) is 12.7 Å². The summed E-state index contributed by atoms with van der Waals surface area (Å²) in [6.45, 7) is 2.12. The number of hydrogen-bond acceptors (Lipinski definition) is 8. The predicted octanol–water partition coefficient (Wildman–Crippen LogP) is 2.98. The number of carbonyl (C=O) groups excluding carboxylic acids is 1. The molecule has 4 heterocycles. The third-order valence-electron chi connectivity index (χ3n) is 6.12. The summed E-state index contributed by atoms with van der Waals surface area (Å²) in [5.74, 6) is 0.810. The summed E-state index contributed by atoms with van der Waals surface area (Å²) in [5, 5.41) is 18.1. The van der Waals surface area contributed by atoms with Crippen LogP contribution in [0.3, 0.4) is 0 Å². The average Bonchev–Trinajstić information content (AvgIpc) is 3.40. The first-order valence-corrected chi connectivity index (χ1v) is 12.8. The SMILES string of the molecule is C[C@H]1C[C@H]2C[C@@](c3nnc(CS(C)(=O)=O)o3)(C1)N2C(=O)Nc1ccc(Cl)c(-c2ncn[nH]2)c1. The highest BCUT2D eigenvalue weighted by Crippen LogP contribution is 2.55. The van der Waals surface area contributed by atoms with E-state index in [0.29, 0.717) is 40.9 Å². The third kappa shape index (κ3) is 3.97. The molecule has 0 spiro atoms. The summed E-state index contributed by atoms with van der Waals surface area (Å²) in [7, 11) is -3.32. The maximum atomic E-state index is 13.4. The second-order valence-electron chi connectivity index (χ2n) is 8.83. The Labute approximate surface area is 194 Å². The fraction of sp³-hybridized carbons (Fsp3) is 0.450.